The van der Waals surface area contributed by atoms with Gasteiger partial charge in [-0.25, -0.2) is 9.59 Å². The molecular weight excluding hydrogens is 248 g/mol. The highest BCUT2D eigenvalue weighted by atomic mass is 16.4. The maximum Gasteiger partial charge on any atom is 0.342 e. The lowest BCUT2D eigenvalue weighted by atomic mass is 10.1. The Labute approximate surface area is 108 Å². The quantitative estimate of drug-likeness (QED) is 0.853. The van der Waals surface area contributed by atoms with Crippen LogP contribution in [0.15, 0.2) is 40.1 Å². The Morgan fingerprint density at radius 3 is 2.63 bits per heavy atom. The largest absolute Gasteiger partial charge is 0.477 e. The van der Waals surface area contributed by atoms with Crippen molar-refractivity contribution in [3.05, 3.63) is 62.4 Å². The highest BCUT2D eigenvalue weighted by Gasteiger charge is 2.13. The molecule has 98 valence electrons. The summed E-state index contributed by atoms with van der Waals surface area (Å²) < 4.78 is 1.14. The first-order valence-electron chi connectivity index (χ1n) is 5.72. The van der Waals surface area contributed by atoms with Gasteiger partial charge in [-0.3, -0.25) is 14.3 Å². The van der Waals surface area contributed by atoms with Crippen LogP contribution in [0.4, 0.5) is 0 Å². The minimum absolute atomic E-state index is 0.467. The van der Waals surface area contributed by atoms with E-state index in [1.807, 2.05) is 24.0 Å². The third-order valence-corrected chi connectivity index (χ3v) is 2.80. The van der Waals surface area contributed by atoms with E-state index in [9.17, 15) is 14.4 Å². The van der Waals surface area contributed by atoms with Gasteiger partial charge < -0.3 is 5.11 Å². The minimum Gasteiger partial charge on any atom is -0.477 e. The van der Waals surface area contributed by atoms with E-state index in [2.05, 4.69) is 0 Å². The van der Waals surface area contributed by atoms with Gasteiger partial charge in [-0.1, -0.05) is 25.1 Å². The fourth-order valence-electron chi connectivity index (χ4n) is 1.85. The minimum atomic E-state index is -1.37. The Bertz CT molecular complexity index is 743. The summed E-state index contributed by atoms with van der Waals surface area (Å²) in [5, 5.41) is 8.92. The van der Waals surface area contributed by atoms with Gasteiger partial charge in [0, 0.05) is 6.20 Å². The predicted octanol–water partition coefficient (Wildman–Crippen LogP) is 0.786. The molecule has 0 fully saturated rings. The van der Waals surface area contributed by atoms with Crippen LogP contribution < -0.4 is 11.2 Å². The molecule has 0 aliphatic heterocycles. The van der Waals surface area contributed by atoms with Gasteiger partial charge in [0.25, 0.3) is 5.56 Å². The molecule has 0 radical (unpaired) electrons. The highest BCUT2D eigenvalue weighted by Crippen LogP contribution is 2.12. The van der Waals surface area contributed by atoms with Crippen molar-refractivity contribution in [3.63, 3.8) is 0 Å². The van der Waals surface area contributed by atoms with Crippen LogP contribution in [0.25, 0.3) is 5.69 Å². The van der Waals surface area contributed by atoms with E-state index in [0.717, 1.165) is 16.3 Å². The van der Waals surface area contributed by atoms with E-state index in [1.165, 1.54) is 0 Å². The molecule has 2 N–H and O–H groups in total. The van der Waals surface area contributed by atoms with E-state index >= 15 is 0 Å². The molecule has 0 aliphatic rings. The molecule has 2 aromatic rings. The normalized spacial score (nSPS) is 10.4. The number of nitrogens with zero attached hydrogens (tertiary/aromatic N) is 1. The number of hydrogen-bond donors (Lipinski definition) is 2. The molecule has 2 rings (SSSR count). The van der Waals surface area contributed by atoms with Gasteiger partial charge >= 0.3 is 11.7 Å². The van der Waals surface area contributed by atoms with Crippen molar-refractivity contribution >= 4 is 5.97 Å². The smallest absolute Gasteiger partial charge is 0.342 e. The second kappa shape index (κ2) is 4.93. The zero-order valence-electron chi connectivity index (χ0n) is 10.2. The maximum atomic E-state index is 11.8. The Hall–Kier alpha value is -2.63. The van der Waals surface area contributed by atoms with Crippen molar-refractivity contribution in [3.8, 4) is 5.69 Å². The van der Waals surface area contributed by atoms with Crippen LogP contribution in [-0.2, 0) is 6.42 Å². The number of carboxylic acid groups (broad SMARTS) is 1. The maximum absolute atomic E-state index is 11.8. The molecule has 1 aromatic carbocycles. The number of nitrogens with one attached hydrogen (secondary N) is 1. The van der Waals surface area contributed by atoms with Crippen LogP contribution in [0.3, 0.4) is 0 Å². The summed E-state index contributed by atoms with van der Waals surface area (Å²) in [6.07, 6.45) is 1.74. The van der Waals surface area contributed by atoms with Gasteiger partial charge in [0.15, 0.2) is 0 Å². The summed E-state index contributed by atoms with van der Waals surface area (Å²) in [5.74, 6) is -1.37. The Morgan fingerprint density at radius 1 is 1.32 bits per heavy atom. The molecule has 19 heavy (non-hydrogen) atoms. The van der Waals surface area contributed by atoms with Crippen LogP contribution in [0.1, 0.15) is 22.8 Å². The second-order valence-corrected chi connectivity index (χ2v) is 3.96. The standard InChI is InChI=1S/C13H12N2O4/c1-2-8-5-3-4-6-10(8)15-7-9(12(17)18)11(16)14-13(15)19/h3-7H,2H2,1H3,(H,17,18)(H,14,16,19). The van der Waals surface area contributed by atoms with Crippen LogP contribution >= 0.6 is 0 Å². The van der Waals surface area contributed by atoms with Gasteiger partial charge in [0.2, 0.25) is 0 Å². The number of aryl methyl sites for hydroxylation is 1. The first kappa shape index (κ1) is 12.8. The number of carboxylic acids is 1. The lowest BCUT2D eigenvalue weighted by molar-refractivity contribution is 0.0694. The fourth-order valence-corrected chi connectivity index (χ4v) is 1.85. The summed E-state index contributed by atoms with van der Waals surface area (Å²) in [5.41, 5.74) is -0.578. The van der Waals surface area contributed by atoms with Crippen molar-refractivity contribution in [2.75, 3.05) is 0 Å². The zero-order valence-corrected chi connectivity index (χ0v) is 10.2. The van der Waals surface area contributed by atoms with Gasteiger partial charge in [-0.05, 0) is 18.1 Å². The van der Waals surface area contributed by atoms with Crippen LogP contribution in [0, 0.1) is 0 Å². The number of hydrogen-bond acceptors (Lipinski definition) is 3. The number of carbonyl (C=O) groups is 1. The average molecular weight is 260 g/mol. The third-order valence-electron chi connectivity index (χ3n) is 2.80. The summed E-state index contributed by atoms with van der Waals surface area (Å²) in [7, 11) is 0. The summed E-state index contributed by atoms with van der Waals surface area (Å²) in [4.78, 5) is 36.1. The van der Waals surface area contributed by atoms with Gasteiger partial charge in [-0.2, -0.15) is 0 Å². The Kier molecular flexibility index (Phi) is 3.33. The number of aromatic amines is 1. The van der Waals surface area contributed by atoms with E-state index in [1.54, 1.807) is 12.1 Å². The fraction of sp³-hybridized carbons (Fsp3) is 0.154. The molecule has 0 saturated heterocycles. The number of H-pyrrole nitrogens is 1. The number of aromatic carboxylic acids is 1. The van der Waals surface area contributed by atoms with Crippen LogP contribution in [0.5, 0.6) is 0 Å². The summed E-state index contributed by atoms with van der Waals surface area (Å²) in [6.45, 7) is 1.92. The predicted molar refractivity (Wildman–Crippen MR) is 69.0 cm³/mol. The molecule has 1 aromatic heterocycles. The van der Waals surface area contributed by atoms with Crippen molar-refractivity contribution in [2.45, 2.75) is 13.3 Å². The Morgan fingerprint density at radius 2 is 2.00 bits per heavy atom. The van der Waals surface area contributed by atoms with Gasteiger partial charge in [-0.15, -0.1) is 0 Å². The molecule has 0 bridgehead atoms. The molecule has 0 amide bonds. The molecule has 0 spiro atoms. The molecule has 6 heteroatoms. The molecular formula is C13H12N2O4. The lowest BCUT2D eigenvalue weighted by Gasteiger charge is -2.10. The summed E-state index contributed by atoms with van der Waals surface area (Å²) in [6, 6.07) is 7.11. The van der Waals surface area contributed by atoms with E-state index in [4.69, 9.17) is 5.11 Å². The third kappa shape index (κ3) is 2.33. The van der Waals surface area contributed by atoms with Crippen LogP contribution in [-0.4, -0.2) is 20.6 Å². The van der Waals surface area contributed by atoms with E-state index in [0.29, 0.717) is 12.1 Å². The first-order valence-corrected chi connectivity index (χ1v) is 5.72. The second-order valence-electron chi connectivity index (χ2n) is 3.96. The monoisotopic (exact) mass is 260 g/mol. The van der Waals surface area contributed by atoms with Crippen molar-refractivity contribution < 1.29 is 9.90 Å². The highest BCUT2D eigenvalue weighted by molar-refractivity contribution is 5.86. The lowest BCUT2D eigenvalue weighted by Crippen LogP contribution is -2.32. The Balaban J connectivity index is 2.76. The zero-order chi connectivity index (χ0) is 14.0. The van der Waals surface area contributed by atoms with Gasteiger partial charge in [0.05, 0.1) is 5.69 Å². The molecule has 1 heterocycles. The van der Waals surface area contributed by atoms with Crippen molar-refractivity contribution in [1.29, 1.82) is 0 Å². The molecule has 0 atom stereocenters. The molecule has 0 saturated carbocycles. The average Bonchev–Trinajstić information content (AvgIpc) is 2.38. The molecule has 0 unspecified atom stereocenters. The van der Waals surface area contributed by atoms with Crippen molar-refractivity contribution in [1.82, 2.24) is 9.55 Å². The van der Waals surface area contributed by atoms with E-state index in [-0.39, 0.29) is 0 Å². The number of benzene rings is 1. The molecule has 6 nitrogen and oxygen atoms in total. The van der Waals surface area contributed by atoms with Gasteiger partial charge in [0.1, 0.15) is 5.56 Å². The summed E-state index contributed by atoms with van der Waals surface area (Å²) >= 11 is 0. The first-order chi connectivity index (χ1) is 9.04. The SMILES string of the molecule is CCc1ccccc1-n1cc(C(=O)O)c(=O)[nH]c1=O. The van der Waals surface area contributed by atoms with Crippen LogP contribution in [0.2, 0.25) is 0 Å². The van der Waals surface area contributed by atoms with E-state index < -0.39 is 22.8 Å². The number of para-hydroxylation sites is 1. The number of rotatable bonds is 3. The van der Waals surface area contributed by atoms with Crippen molar-refractivity contribution in [2.24, 2.45) is 0 Å². The number of aromatic nitrogens is 2. The topological polar surface area (TPSA) is 92.2 Å². The molecule has 0 aliphatic carbocycles.